The van der Waals surface area contributed by atoms with Gasteiger partial charge >= 0.3 is 6.03 Å². The zero-order chi connectivity index (χ0) is 25.8. The van der Waals surface area contributed by atoms with Crippen molar-refractivity contribution in [3.8, 4) is 11.8 Å². The second-order valence-electron chi connectivity index (χ2n) is 8.50. The van der Waals surface area contributed by atoms with Crippen molar-refractivity contribution in [1.82, 2.24) is 15.3 Å². The largest absolute Gasteiger partial charge is 0.335 e. The predicted octanol–water partition coefficient (Wildman–Crippen LogP) is 4.19. The van der Waals surface area contributed by atoms with Gasteiger partial charge in [0.1, 0.15) is 5.82 Å². The molecule has 0 bridgehead atoms. The Hall–Kier alpha value is -4.19. The molecule has 1 aliphatic carbocycles. The van der Waals surface area contributed by atoms with Crippen molar-refractivity contribution in [2.45, 2.75) is 32.7 Å². The number of carbonyl (C=O) groups is 3. The fourth-order valence-corrected chi connectivity index (χ4v) is 3.69. The standard InChI is InChI=1S/C27H24ClN5O3/c1-16-6-9-20(25(34)33(29)26(35)24-17(2)4-3-5-22(24)28)14-19(16)10-7-18-8-13-23(30-15-18)32-27(36)31-21-11-12-21/h3-6,8-9,13-15,21H,11-12,29H2,1-2H3,(H2,30,31,32,36). The molecule has 0 atom stereocenters. The quantitative estimate of drug-likeness (QED) is 0.163. The Morgan fingerprint density at radius 2 is 1.81 bits per heavy atom. The maximum Gasteiger partial charge on any atom is 0.320 e. The van der Waals surface area contributed by atoms with Gasteiger partial charge < -0.3 is 5.32 Å². The van der Waals surface area contributed by atoms with Crippen molar-refractivity contribution < 1.29 is 14.4 Å². The van der Waals surface area contributed by atoms with Gasteiger partial charge in [0.25, 0.3) is 11.8 Å². The lowest BCUT2D eigenvalue weighted by atomic mass is 10.0. The number of anilines is 1. The van der Waals surface area contributed by atoms with Gasteiger partial charge in [0, 0.05) is 28.9 Å². The third kappa shape index (κ3) is 5.89. The summed E-state index contributed by atoms with van der Waals surface area (Å²) in [5.74, 6) is 11.0. The molecule has 182 valence electrons. The van der Waals surface area contributed by atoms with Gasteiger partial charge in [0.05, 0.1) is 10.6 Å². The van der Waals surface area contributed by atoms with E-state index < -0.39 is 11.8 Å². The SMILES string of the molecule is Cc1ccc(C(=O)N(N)C(=O)c2c(C)cccc2Cl)cc1C#Cc1ccc(NC(=O)NC2CC2)nc1. The smallest absolute Gasteiger partial charge is 0.320 e. The zero-order valence-corrected chi connectivity index (χ0v) is 20.5. The van der Waals surface area contributed by atoms with E-state index in [4.69, 9.17) is 17.4 Å². The van der Waals surface area contributed by atoms with Crippen LogP contribution >= 0.6 is 11.6 Å². The monoisotopic (exact) mass is 501 g/mol. The van der Waals surface area contributed by atoms with Gasteiger partial charge in [0.2, 0.25) is 0 Å². The maximum absolute atomic E-state index is 13.0. The summed E-state index contributed by atoms with van der Waals surface area (Å²) in [5, 5.41) is 6.29. The van der Waals surface area contributed by atoms with Crippen molar-refractivity contribution in [2.24, 2.45) is 5.84 Å². The molecule has 4 N–H and O–H groups in total. The summed E-state index contributed by atoms with van der Waals surface area (Å²) in [4.78, 5) is 41.8. The topological polar surface area (TPSA) is 117 Å². The molecule has 8 nitrogen and oxygen atoms in total. The molecule has 1 aromatic heterocycles. The Morgan fingerprint density at radius 3 is 2.47 bits per heavy atom. The number of carbonyl (C=O) groups excluding carboxylic acids is 3. The Balaban J connectivity index is 1.48. The molecule has 1 aliphatic rings. The highest BCUT2D eigenvalue weighted by Gasteiger charge is 2.25. The van der Waals surface area contributed by atoms with Crippen molar-refractivity contribution in [1.29, 1.82) is 0 Å². The fraction of sp³-hybridized carbons (Fsp3) is 0.185. The van der Waals surface area contributed by atoms with Crippen LogP contribution in [0.3, 0.4) is 0 Å². The lowest BCUT2D eigenvalue weighted by Crippen LogP contribution is -2.43. The van der Waals surface area contributed by atoms with Crippen LogP contribution in [0.15, 0.2) is 54.7 Å². The van der Waals surface area contributed by atoms with Crippen molar-refractivity contribution in [3.63, 3.8) is 0 Å². The van der Waals surface area contributed by atoms with Gasteiger partial charge in [-0.15, -0.1) is 0 Å². The second kappa shape index (κ2) is 10.6. The summed E-state index contributed by atoms with van der Waals surface area (Å²) in [5.41, 5.74) is 3.08. The average Bonchev–Trinajstić information content (AvgIpc) is 3.67. The van der Waals surface area contributed by atoms with Gasteiger partial charge in [-0.25, -0.2) is 20.6 Å². The number of hydrazine groups is 1. The first kappa shape index (κ1) is 24.9. The number of nitrogens with two attached hydrogens (primary N) is 1. The molecule has 36 heavy (non-hydrogen) atoms. The van der Waals surface area contributed by atoms with Crippen LogP contribution in [0.25, 0.3) is 0 Å². The van der Waals surface area contributed by atoms with E-state index in [1.807, 2.05) is 6.92 Å². The second-order valence-corrected chi connectivity index (χ2v) is 8.90. The molecule has 1 saturated carbocycles. The minimum absolute atomic E-state index is 0.178. The number of aromatic nitrogens is 1. The number of pyridine rings is 1. The highest BCUT2D eigenvalue weighted by molar-refractivity contribution is 6.34. The highest BCUT2D eigenvalue weighted by atomic mass is 35.5. The molecule has 0 spiro atoms. The summed E-state index contributed by atoms with van der Waals surface area (Å²) in [7, 11) is 0. The Kier molecular flexibility index (Phi) is 7.34. The first-order valence-corrected chi connectivity index (χ1v) is 11.7. The molecule has 0 saturated heterocycles. The van der Waals surface area contributed by atoms with Crippen molar-refractivity contribution in [2.75, 3.05) is 5.32 Å². The Bertz CT molecular complexity index is 1380. The van der Waals surface area contributed by atoms with Crippen LogP contribution in [0.4, 0.5) is 10.6 Å². The van der Waals surface area contributed by atoms with Crippen LogP contribution in [0.1, 0.15) is 55.8 Å². The van der Waals surface area contributed by atoms with E-state index >= 15 is 0 Å². The van der Waals surface area contributed by atoms with Crippen LogP contribution in [0.5, 0.6) is 0 Å². The number of imide groups is 1. The van der Waals surface area contributed by atoms with E-state index in [0.29, 0.717) is 27.5 Å². The van der Waals surface area contributed by atoms with E-state index in [1.54, 1.807) is 61.7 Å². The van der Waals surface area contributed by atoms with Gasteiger partial charge in [-0.1, -0.05) is 41.6 Å². The van der Waals surface area contributed by atoms with E-state index in [2.05, 4.69) is 27.5 Å². The molecule has 4 amide bonds. The number of halogens is 1. The molecule has 3 aromatic rings. The van der Waals surface area contributed by atoms with E-state index in [-0.39, 0.29) is 28.2 Å². The molecule has 4 rings (SSSR count). The van der Waals surface area contributed by atoms with E-state index in [9.17, 15) is 14.4 Å². The fourth-order valence-electron chi connectivity index (χ4n) is 3.39. The van der Waals surface area contributed by atoms with Gasteiger partial charge in [-0.05, 0) is 68.1 Å². The number of amides is 4. The first-order valence-electron chi connectivity index (χ1n) is 11.3. The molecule has 0 radical (unpaired) electrons. The molecule has 9 heteroatoms. The summed E-state index contributed by atoms with van der Waals surface area (Å²) in [6.07, 6.45) is 3.56. The van der Waals surface area contributed by atoms with Crippen LogP contribution in [0, 0.1) is 25.7 Å². The number of aryl methyl sites for hydroxylation is 2. The van der Waals surface area contributed by atoms with Crippen LogP contribution in [-0.4, -0.2) is 33.9 Å². The number of benzene rings is 2. The van der Waals surface area contributed by atoms with Gasteiger partial charge in [-0.2, -0.15) is 0 Å². The molecular formula is C27H24ClN5O3. The van der Waals surface area contributed by atoms with Crippen molar-refractivity contribution in [3.05, 3.63) is 93.1 Å². The van der Waals surface area contributed by atoms with Gasteiger partial charge in [-0.3, -0.25) is 14.9 Å². The average molecular weight is 502 g/mol. The lowest BCUT2D eigenvalue weighted by Gasteiger charge is -2.17. The Morgan fingerprint density at radius 1 is 1.03 bits per heavy atom. The maximum atomic E-state index is 13.0. The molecular weight excluding hydrogens is 478 g/mol. The number of urea groups is 1. The van der Waals surface area contributed by atoms with E-state index in [1.165, 1.54) is 0 Å². The third-order valence-corrected chi connectivity index (χ3v) is 5.93. The van der Waals surface area contributed by atoms with Crippen LogP contribution < -0.4 is 16.5 Å². The molecule has 2 aromatic carbocycles. The first-order chi connectivity index (χ1) is 17.2. The molecule has 1 heterocycles. The summed E-state index contributed by atoms with van der Waals surface area (Å²) < 4.78 is 0. The number of nitrogens with one attached hydrogen (secondary N) is 2. The Labute approximate surface area is 213 Å². The highest BCUT2D eigenvalue weighted by Crippen LogP contribution is 2.22. The van der Waals surface area contributed by atoms with Crippen molar-refractivity contribution >= 4 is 35.3 Å². The number of hydrogen-bond acceptors (Lipinski definition) is 5. The molecule has 0 unspecified atom stereocenters. The molecule has 0 aliphatic heterocycles. The van der Waals surface area contributed by atoms with Gasteiger partial charge in [0.15, 0.2) is 0 Å². The minimum atomic E-state index is -0.693. The number of hydrogen-bond donors (Lipinski definition) is 3. The van der Waals surface area contributed by atoms with E-state index in [0.717, 1.165) is 18.4 Å². The summed E-state index contributed by atoms with van der Waals surface area (Å²) in [6, 6.07) is 13.3. The minimum Gasteiger partial charge on any atom is -0.335 e. The molecule has 1 fully saturated rings. The summed E-state index contributed by atoms with van der Waals surface area (Å²) in [6.45, 7) is 3.58. The lowest BCUT2D eigenvalue weighted by molar-refractivity contribution is 0.0615. The zero-order valence-electron chi connectivity index (χ0n) is 19.8. The number of rotatable bonds is 4. The predicted molar refractivity (Wildman–Crippen MR) is 137 cm³/mol. The van der Waals surface area contributed by atoms with Crippen LogP contribution in [-0.2, 0) is 0 Å². The normalized spacial score (nSPS) is 12.2. The summed E-state index contributed by atoms with van der Waals surface area (Å²) >= 11 is 6.16. The third-order valence-electron chi connectivity index (χ3n) is 5.62. The number of nitrogens with zero attached hydrogens (tertiary/aromatic N) is 2. The van der Waals surface area contributed by atoms with Crippen LogP contribution in [0.2, 0.25) is 5.02 Å².